The molecule has 3 aromatic carbocycles. The number of amides is 1. The predicted molar refractivity (Wildman–Crippen MR) is 125 cm³/mol. The first-order valence-corrected chi connectivity index (χ1v) is 10.5. The van der Waals surface area contributed by atoms with Crippen molar-refractivity contribution < 1.29 is 19.1 Å². The largest absolute Gasteiger partial charge is 0.479 e. The highest BCUT2D eigenvalue weighted by molar-refractivity contribution is 6.35. The first-order chi connectivity index (χ1) is 15.3. The van der Waals surface area contributed by atoms with E-state index in [1.165, 1.54) is 18.3 Å². The number of esters is 1. The summed E-state index contributed by atoms with van der Waals surface area (Å²) in [6.07, 6.45) is 0.613. The van der Waals surface area contributed by atoms with Gasteiger partial charge in [0, 0.05) is 10.0 Å². The van der Waals surface area contributed by atoms with Gasteiger partial charge in [0.05, 0.1) is 16.8 Å². The first kappa shape index (κ1) is 23.6. The van der Waals surface area contributed by atoms with Crippen LogP contribution in [0.25, 0.3) is 0 Å². The third kappa shape index (κ3) is 6.72. The average molecular weight is 492 g/mol. The summed E-state index contributed by atoms with van der Waals surface area (Å²) in [5.41, 5.74) is 3.43. The molecule has 1 N–H and O–H groups in total. The Balaban J connectivity index is 1.51. The van der Waals surface area contributed by atoms with Crippen molar-refractivity contribution in [2.75, 3.05) is 0 Å². The molecule has 0 bridgehead atoms. The van der Waals surface area contributed by atoms with E-state index < -0.39 is 18.0 Å². The van der Waals surface area contributed by atoms with Gasteiger partial charge in [-0.25, -0.2) is 10.2 Å². The lowest BCUT2D eigenvalue weighted by Crippen LogP contribution is -2.33. The third-order valence-corrected chi connectivity index (χ3v) is 4.87. The molecule has 0 spiro atoms. The van der Waals surface area contributed by atoms with E-state index in [1.54, 1.807) is 61.5 Å². The van der Waals surface area contributed by atoms with Crippen LogP contribution in [-0.2, 0) is 4.79 Å². The Morgan fingerprint density at radius 1 is 0.969 bits per heavy atom. The standard InChI is InChI=1S/C23H17Cl3N2O4/c1-14(31-21-10-7-18(25)12-20(21)26)22(29)28-27-13-15-5-8-19(9-6-15)32-23(30)16-3-2-4-17(24)11-16/h2-14H,1H3,(H,28,29)/b27-13+. The molecule has 0 radical (unpaired) electrons. The van der Waals surface area contributed by atoms with Crippen molar-refractivity contribution in [3.8, 4) is 11.5 Å². The van der Waals surface area contributed by atoms with Gasteiger partial charge in [-0.3, -0.25) is 4.79 Å². The summed E-state index contributed by atoms with van der Waals surface area (Å²) in [5.74, 6) is -0.279. The van der Waals surface area contributed by atoms with Gasteiger partial charge in [0.25, 0.3) is 5.91 Å². The Hall–Kier alpha value is -3.06. The predicted octanol–water partition coefficient (Wildman–Crippen LogP) is 5.78. The Morgan fingerprint density at radius 3 is 2.38 bits per heavy atom. The van der Waals surface area contributed by atoms with Crippen LogP contribution in [0.3, 0.4) is 0 Å². The number of carbonyl (C=O) groups excluding carboxylic acids is 2. The van der Waals surface area contributed by atoms with Gasteiger partial charge in [0.1, 0.15) is 11.5 Å². The molecule has 0 aliphatic carbocycles. The van der Waals surface area contributed by atoms with E-state index in [4.69, 9.17) is 44.3 Å². The minimum Gasteiger partial charge on any atom is -0.479 e. The molecule has 3 rings (SSSR count). The number of rotatable bonds is 7. The van der Waals surface area contributed by atoms with Crippen LogP contribution >= 0.6 is 34.8 Å². The van der Waals surface area contributed by atoms with E-state index in [9.17, 15) is 9.59 Å². The number of halogens is 3. The zero-order chi connectivity index (χ0) is 23.1. The molecule has 32 heavy (non-hydrogen) atoms. The van der Waals surface area contributed by atoms with Gasteiger partial charge in [-0.2, -0.15) is 5.10 Å². The quantitative estimate of drug-likeness (QED) is 0.197. The zero-order valence-electron chi connectivity index (χ0n) is 16.7. The highest BCUT2D eigenvalue weighted by atomic mass is 35.5. The summed E-state index contributed by atoms with van der Waals surface area (Å²) >= 11 is 17.8. The fraction of sp³-hybridized carbons (Fsp3) is 0.0870. The highest BCUT2D eigenvalue weighted by Gasteiger charge is 2.15. The average Bonchev–Trinajstić information content (AvgIpc) is 2.76. The summed E-state index contributed by atoms with van der Waals surface area (Å²) in [7, 11) is 0. The number of ether oxygens (including phenoxy) is 2. The van der Waals surface area contributed by atoms with Crippen LogP contribution in [0.15, 0.2) is 71.8 Å². The maximum absolute atomic E-state index is 12.2. The zero-order valence-corrected chi connectivity index (χ0v) is 19.0. The normalized spacial score (nSPS) is 11.8. The summed E-state index contributed by atoms with van der Waals surface area (Å²) in [5, 5.41) is 5.13. The second kappa shape index (κ2) is 11.0. The van der Waals surface area contributed by atoms with Crippen LogP contribution in [0.5, 0.6) is 11.5 Å². The Kier molecular flexibility index (Phi) is 8.11. The summed E-state index contributed by atoms with van der Waals surface area (Å²) in [6, 6.07) is 17.8. The van der Waals surface area contributed by atoms with Crippen molar-refractivity contribution in [2.24, 2.45) is 5.10 Å². The number of hydrogen-bond donors (Lipinski definition) is 1. The SMILES string of the molecule is CC(Oc1ccc(Cl)cc1Cl)C(=O)N/N=C/c1ccc(OC(=O)c2cccc(Cl)c2)cc1. The monoisotopic (exact) mass is 490 g/mol. The molecule has 3 aromatic rings. The molecule has 0 heterocycles. The molecule has 1 amide bonds. The van der Waals surface area contributed by atoms with Gasteiger partial charge in [-0.05, 0) is 73.2 Å². The molecule has 6 nitrogen and oxygen atoms in total. The highest BCUT2D eigenvalue weighted by Crippen LogP contribution is 2.28. The smallest absolute Gasteiger partial charge is 0.343 e. The van der Waals surface area contributed by atoms with Crippen LogP contribution in [0, 0.1) is 0 Å². The Labute approximate surface area is 199 Å². The number of hydrogen-bond acceptors (Lipinski definition) is 5. The van der Waals surface area contributed by atoms with E-state index in [-0.39, 0.29) is 0 Å². The second-order valence-corrected chi connectivity index (χ2v) is 7.82. The molecule has 0 fully saturated rings. The van der Waals surface area contributed by atoms with Gasteiger partial charge in [0.15, 0.2) is 6.10 Å². The van der Waals surface area contributed by atoms with Gasteiger partial charge in [-0.1, -0.05) is 40.9 Å². The maximum Gasteiger partial charge on any atom is 0.343 e. The molecular formula is C23H17Cl3N2O4. The molecule has 1 unspecified atom stereocenters. The van der Waals surface area contributed by atoms with E-state index in [1.807, 2.05) is 0 Å². The van der Waals surface area contributed by atoms with Gasteiger partial charge in [0.2, 0.25) is 0 Å². The summed E-state index contributed by atoms with van der Waals surface area (Å²) in [6.45, 7) is 1.57. The van der Waals surface area contributed by atoms with Crippen molar-refractivity contribution in [3.63, 3.8) is 0 Å². The lowest BCUT2D eigenvalue weighted by Gasteiger charge is -2.14. The topological polar surface area (TPSA) is 77.0 Å². The molecular weight excluding hydrogens is 475 g/mol. The van der Waals surface area contributed by atoms with E-state index in [0.717, 1.165) is 0 Å². The van der Waals surface area contributed by atoms with Crippen LogP contribution in [0.2, 0.25) is 15.1 Å². The third-order valence-electron chi connectivity index (χ3n) is 4.11. The Morgan fingerprint density at radius 2 is 1.69 bits per heavy atom. The van der Waals surface area contributed by atoms with Crippen LogP contribution in [-0.4, -0.2) is 24.2 Å². The van der Waals surface area contributed by atoms with Crippen LogP contribution < -0.4 is 14.9 Å². The van der Waals surface area contributed by atoms with Gasteiger partial charge in [-0.15, -0.1) is 0 Å². The minimum absolute atomic E-state index is 0.303. The number of hydrazone groups is 1. The van der Waals surface area contributed by atoms with Crippen molar-refractivity contribution >= 4 is 52.9 Å². The van der Waals surface area contributed by atoms with Gasteiger partial charge < -0.3 is 9.47 Å². The van der Waals surface area contributed by atoms with Crippen molar-refractivity contribution in [1.82, 2.24) is 5.43 Å². The second-order valence-electron chi connectivity index (χ2n) is 6.54. The fourth-order valence-electron chi connectivity index (χ4n) is 2.48. The first-order valence-electron chi connectivity index (χ1n) is 9.34. The molecule has 0 aromatic heterocycles. The molecule has 0 saturated heterocycles. The van der Waals surface area contributed by atoms with E-state index in [0.29, 0.717) is 37.7 Å². The number of benzene rings is 3. The fourth-order valence-corrected chi connectivity index (χ4v) is 3.12. The van der Waals surface area contributed by atoms with Crippen LogP contribution in [0.4, 0.5) is 0 Å². The molecule has 0 aliphatic heterocycles. The lowest BCUT2D eigenvalue weighted by molar-refractivity contribution is -0.127. The lowest BCUT2D eigenvalue weighted by atomic mass is 10.2. The summed E-state index contributed by atoms with van der Waals surface area (Å²) < 4.78 is 10.8. The molecule has 0 saturated carbocycles. The minimum atomic E-state index is -0.834. The van der Waals surface area contributed by atoms with Crippen molar-refractivity contribution in [2.45, 2.75) is 13.0 Å². The maximum atomic E-state index is 12.2. The van der Waals surface area contributed by atoms with E-state index in [2.05, 4.69) is 10.5 Å². The van der Waals surface area contributed by atoms with Crippen molar-refractivity contribution in [1.29, 1.82) is 0 Å². The van der Waals surface area contributed by atoms with Crippen LogP contribution in [0.1, 0.15) is 22.8 Å². The number of carbonyl (C=O) groups is 2. The van der Waals surface area contributed by atoms with Crippen molar-refractivity contribution in [3.05, 3.63) is 92.9 Å². The summed E-state index contributed by atoms with van der Waals surface area (Å²) in [4.78, 5) is 24.3. The Bertz CT molecular complexity index is 1150. The molecule has 1 atom stereocenters. The van der Waals surface area contributed by atoms with Gasteiger partial charge >= 0.3 is 5.97 Å². The molecule has 0 aliphatic rings. The number of nitrogens with one attached hydrogen (secondary N) is 1. The molecule has 9 heteroatoms. The number of nitrogens with zero attached hydrogens (tertiary/aromatic N) is 1. The van der Waals surface area contributed by atoms with E-state index >= 15 is 0 Å². The molecule has 164 valence electrons.